The third kappa shape index (κ3) is 5.57. The summed E-state index contributed by atoms with van der Waals surface area (Å²) in [6.07, 6.45) is 2.70. The van der Waals surface area contributed by atoms with Crippen LogP contribution in [0.4, 0.5) is 5.69 Å². The van der Waals surface area contributed by atoms with Crippen LogP contribution >= 0.6 is 0 Å². The molecule has 6 nitrogen and oxygen atoms in total. The summed E-state index contributed by atoms with van der Waals surface area (Å²) in [6.45, 7) is 1.76. The second kappa shape index (κ2) is 9.37. The van der Waals surface area contributed by atoms with E-state index in [9.17, 15) is 14.7 Å². The van der Waals surface area contributed by atoms with E-state index >= 15 is 0 Å². The fourth-order valence-corrected chi connectivity index (χ4v) is 3.30. The van der Waals surface area contributed by atoms with Crippen LogP contribution in [0.15, 0.2) is 48.5 Å². The number of hydrogen-bond donors (Lipinski definition) is 3. The van der Waals surface area contributed by atoms with Gasteiger partial charge in [0.05, 0.1) is 11.8 Å². The molecule has 0 radical (unpaired) electrons. The monoisotopic (exact) mass is 382 g/mol. The third-order valence-electron chi connectivity index (χ3n) is 4.82. The Hall–Kier alpha value is -2.86. The molecule has 1 aliphatic carbocycles. The zero-order valence-corrected chi connectivity index (χ0v) is 16.0. The predicted molar refractivity (Wildman–Crippen MR) is 107 cm³/mol. The minimum absolute atomic E-state index is 0.0691. The number of carbonyl (C=O) groups is 2. The van der Waals surface area contributed by atoms with Crippen molar-refractivity contribution in [2.75, 3.05) is 5.32 Å². The molecular formula is C22H26N2O4. The highest BCUT2D eigenvalue weighted by Crippen LogP contribution is 2.27. The topological polar surface area (TPSA) is 87.7 Å². The van der Waals surface area contributed by atoms with Gasteiger partial charge in [0, 0.05) is 18.5 Å². The van der Waals surface area contributed by atoms with Gasteiger partial charge in [0.25, 0.3) is 5.91 Å². The summed E-state index contributed by atoms with van der Waals surface area (Å²) in [7, 11) is 0. The Labute approximate surface area is 164 Å². The van der Waals surface area contributed by atoms with E-state index in [1.807, 2.05) is 30.3 Å². The molecule has 2 aromatic rings. The first-order valence-corrected chi connectivity index (χ1v) is 9.58. The fourth-order valence-electron chi connectivity index (χ4n) is 3.30. The molecular weight excluding hydrogens is 356 g/mol. The number of ether oxygens (including phenoxy) is 1. The number of hydrogen-bond acceptors (Lipinski definition) is 4. The van der Waals surface area contributed by atoms with E-state index < -0.39 is 0 Å². The van der Waals surface area contributed by atoms with E-state index in [1.54, 1.807) is 18.2 Å². The first kappa shape index (κ1) is 19.9. The first-order chi connectivity index (χ1) is 13.5. The summed E-state index contributed by atoms with van der Waals surface area (Å²) in [5.41, 5.74) is 2.00. The molecule has 1 aliphatic rings. The molecule has 1 fully saturated rings. The molecule has 148 valence electrons. The molecule has 28 heavy (non-hydrogen) atoms. The van der Waals surface area contributed by atoms with Crippen molar-refractivity contribution in [2.45, 2.75) is 51.4 Å². The second-order valence-corrected chi connectivity index (χ2v) is 7.15. The molecule has 0 bridgehead atoms. The fraction of sp³-hybridized carbons (Fsp3) is 0.364. The van der Waals surface area contributed by atoms with E-state index in [1.165, 1.54) is 6.92 Å². The summed E-state index contributed by atoms with van der Waals surface area (Å²) in [4.78, 5) is 24.1. The second-order valence-electron chi connectivity index (χ2n) is 7.15. The van der Waals surface area contributed by atoms with Crippen LogP contribution in [0.1, 0.15) is 48.5 Å². The van der Waals surface area contributed by atoms with Gasteiger partial charge in [-0.3, -0.25) is 9.59 Å². The molecule has 2 amide bonds. The summed E-state index contributed by atoms with van der Waals surface area (Å²) in [5.74, 6) is 0.0635. The molecule has 0 atom stereocenters. The molecule has 3 N–H and O–H groups in total. The van der Waals surface area contributed by atoms with Gasteiger partial charge in [0.15, 0.2) is 0 Å². The summed E-state index contributed by atoms with van der Waals surface area (Å²) in [6, 6.07) is 14.8. The van der Waals surface area contributed by atoms with E-state index in [-0.39, 0.29) is 24.0 Å². The number of aliphatic hydroxyl groups is 1. The minimum atomic E-state index is -0.261. The summed E-state index contributed by atoms with van der Waals surface area (Å²) >= 11 is 0. The molecule has 1 saturated carbocycles. The molecule has 6 heteroatoms. The van der Waals surface area contributed by atoms with Crippen molar-refractivity contribution in [3.63, 3.8) is 0 Å². The van der Waals surface area contributed by atoms with Gasteiger partial charge in [-0.25, -0.2) is 0 Å². The lowest BCUT2D eigenvalue weighted by molar-refractivity contribution is -0.114. The van der Waals surface area contributed by atoms with Gasteiger partial charge in [-0.1, -0.05) is 30.3 Å². The molecule has 0 aromatic heterocycles. The van der Waals surface area contributed by atoms with Crippen molar-refractivity contribution in [3.05, 3.63) is 59.7 Å². The van der Waals surface area contributed by atoms with E-state index in [2.05, 4.69) is 10.6 Å². The Bertz CT molecular complexity index is 815. The molecule has 0 unspecified atom stereocenters. The van der Waals surface area contributed by atoms with Gasteiger partial charge in [-0.2, -0.15) is 0 Å². The third-order valence-corrected chi connectivity index (χ3v) is 4.82. The molecule has 3 rings (SSSR count). The lowest BCUT2D eigenvalue weighted by Crippen LogP contribution is -2.38. The Kier molecular flexibility index (Phi) is 6.66. The summed E-state index contributed by atoms with van der Waals surface area (Å²) in [5, 5.41) is 15.4. The van der Waals surface area contributed by atoms with Gasteiger partial charge in [-0.05, 0) is 49.4 Å². The van der Waals surface area contributed by atoms with Gasteiger partial charge < -0.3 is 20.5 Å². The lowest BCUT2D eigenvalue weighted by Gasteiger charge is -2.26. The highest BCUT2D eigenvalue weighted by atomic mass is 16.5. The number of amides is 2. The number of aliphatic hydroxyl groups excluding tert-OH is 1. The number of carbonyl (C=O) groups excluding carboxylic acids is 2. The van der Waals surface area contributed by atoms with E-state index in [0.29, 0.717) is 36.4 Å². The van der Waals surface area contributed by atoms with Crippen molar-refractivity contribution in [2.24, 2.45) is 0 Å². The maximum Gasteiger partial charge on any atom is 0.251 e. The number of nitrogens with one attached hydrogen (secondary N) is 2. The molecule has 0 saturated heterocycles. The number of benzene rings is 2. The van der Waals surface area contributed by atoms with Crippen LogP contribution < -0.4 is 15.4 Å². The molecule has 0 aliphatic heterocycles. The van der Waals surface area contributed by atoms with Crippen LogP contribution in [0.5, 0.6) is 5.75 Å². The van der Waals surface area contributed by atoms with Crippen LogP contribution in [-0.2, 0) is 11.4 Å². The maximum absolute atomic E-state index is 12.6. The van der Waals surface area contributed by atoms with Gasteiger partial charge in [-0.15, -0.1) is 0 Å². The maximum atomic E-state index is 12.6. The van der Waals surface area contributed by atoms with Gasteiger partial charge in [0.2, 0.25) is 5.91 Å². The van der Waals surface area contributed by atoms with E-state index in [0.717, 1.165) is 18.4 Å². The average molecular weight is 382 g/mol. The van der Waals surface area contributed by atoms with Crippen LogP contribution in [0.2, 0.25) is 0 Å². The average Bonchev–Trinajstić information content (AvgIpc) is 2.69. The Balaban J connectivity index is 1.72. The number of rotatable bonds is 6. The standard InChI is InChI=1S/C22H26N2O4/c1-15(25)23-20-12-7-17(22(27)24-18-8-10-19(26)11-9-18)13-21(20)28-14-16-5-3-2-4-6-16/h2-7,12-13,18-19,26H,8-11,14H2,1H3,(H,23,25)(H,24,27). The minimum Gasteiger partial charge on any atom is -0.487 e. The smallest absolute Gasteiger partial charge is 0.251 e. The van der Waals surface area contributed by atoms with Crippen LogP contribution in [-0.4, -0.2) is 29.1 Å². The molecule has 0 spiro atoms. The van der Waals surface area contributed by atoms with Crippen molar-refractivity contribution < 1.29 is 19.4 Å². The highest BCUT2D eigenvalue weighted by molar-refractivity contribution is 5.97. The summed E-state index contributed by atoms with van der Waals surface area (Å²) < 4.78 is 5.89. The Morgan fingerprint density at radius 1 is 1.07 bits per heavy atom. The van der Waals surface area contributed by atoms with Crippen molar-refractivity contribution in [1.82, 2.24) is 5.32 Å². The zero-order chi connectivity index (χ0) is 19.9. The van der Waals surface area contributed by atoms with Crippen LogP contribution in [0.3, 0.4) is 0 Å². The van der Waals surface area contributed by atoms with Gasteiger partial charge in [0.1, 0.15) is 12.4 Å². The quantitative estimate of drug-likeness (QED) is 0.716. The molecule has 2 aromatic carbocycles. The van der Waals surface area contributed by atoms with Crippen LogP contribution in [0.25, 0.3) is 0 Å². The lowest BCUT2D eigenvalue weighted by atomic mass is 9.93. The largest absolute Gasteiger partial charge is 0.487 e. The highest BCUT2D eigenvalue weighted by Gasteiger charge is 2.22. The number of anilines is 1. The van der Waals surface area contributed by atoms with Crippen molar-refractivity contribution in [1.29, 1.82) is 0 Å². The van der Waals surface area contributed by atoms with Gasteiger partial charge >= 0.3 is 0 Å². The SMILES string of the molecule is CC(=O)Nc1ccc(C(=O)NC2CCC(O)CC2)cc1OCc1ccccc1. The van der Waals surface area contributed by atoms with E-state index in [4.69, 9.17) is 4.74 Å². The molecule has 0 heterocycles. The first-order valence-electron chi connectivity index (χ1n) is 9.58. The van der Waals surface area contributed by atoms with Crippen molar-refractivity contribution >= 4 is 17.5 Å². The normalized spacial score (nSPS) is 18.9. The zero-order valence-electron chi connectivity index (χ0n) is 16.0. The van der Waals surface area contributed by atoms with Crippen molar-refractivity contribution in [3.8, 4) is 5.75 Å². The Morgan fingerprint density at radius 3 is 2.46 bits per heavy atom. The predicted octanol–water partition coefficient (Wildman–Crippen LogP) is 3.26. The Morgan fingerprint density at radius 2 is 1.79 bits per heavy atom. The van der Waals surface area contributed by atoms with Crippen LogP contribution in [0, 0.1) is 0 Å².